The number of hydrogen-bond acceptors (Lipinski definition) is 5. The number of ether oxygens (including phenoxy) is 1. The summed E-state index contributed by atoms with van der Waals surface area (Å²) in [6.45, 7) is 9.44. The van der Waals surface area contributed by atoms with E-state index in [0.717, 1.165) is 39.3 Å². The number of nitrogens with one attached hydrogen (secondary N) is 1. The molecule has 0 unspecified atom stereocenters. The van der Waals surface area contributed by atoms with Crippen LogP contribution < -0.4 is 5.32 Å². The first-order valence-corrected chi connectivity index (χ1v) is 8.98. The van der Waals surface area contributed by atoms with Crippen molar-refractivity contribution in [3.63, 3.8) is 0 Å². The van der Waals surface area contributed by atoms with Gasteiger partial charge in [-0.05, 0) is 32.9 Å². The zero-order valence-corrected chi connectivity index (χ0v) is 15.2. The third-order valence-corrected chi connectivity index (χ3v) is 4.31. The van der Waals surface area contributed by atoms with E-state index in [0.29, 0.717) is 25.1 Å². The molecule has 1 aliphatic rings. The molecular formula is C18H29N3O4. The van der Waals surface area contributed by atoms with Crippen LogP contribution in [-0.2, 0) is 9.53 Å². The van der Waals surface area contributed by atoms with Crippen LogP contribution in [0, 0.1) is 0 Å². The van der Waals surface area contributed by atoms with Gasteiger partial charge in [-0.3, -0.25) is 14.5 Å². The second kappa shape index (κ2) is 10.2. The van der Waals surface area contributed by atoms with Gasteiger partial charge in [-0.25, -0.2) is 0 Å². The van der Waals surface area contributed by atoms with Crippen molar-refractivity contribution < 1.29 is 18.7 Å². The number of nitrogens with zero attached hydrogens (tertiary/aromatic N) is 2. The summed E-state index contributed by atoms with van der Waals surface area (Å²) in [5, 5.41) is 2.94. The molecule has 0 atom stereocenters. The zero-order chi connectivity index (χ0) is 18.1. The fourth-order valence-corrected chi connectivity index (χ4v) is 2.81. The van der Waals surface area contributed by atoms with E-state index < -0.39 is 0 Å². The number of hydrogen-bond donors (Lipinski definition) is 1. The molecule has 2 amide bonds. The molecule has 1 fully saturated rings. The van der Waals surface area contributed by atoms with Gasteiger partial charge in [0.2, 0.25) is 5.91 Å². The van der Waals surface area contributed by atoms with Gasteiger partial charge in [-0.2, -0.15) is 0 Å². The molecule has 2 rings (SSSR count). The highest BCUT2D eigenvalue weighted by Crippen LogP contribution is 2.09. The van der Waals surface area contributed by atoms with E-state index in [1.807, 2.05) is 13.8 Å². The minimum atomic E-state index is -0.108. The molecule has 1 aliphatic heterocycles. The van der Waals surface area contributed by atoms with Crippen LogP contribution >= 0.6 is 0 Å². The summed E-state index contributed by atoms with van der Waals surface area (Å²) in [6.07, 6.45) is 4.14. The Bertz CT molecular complexity index is 524. The van der Waals surface area contributed by atoms with E-state index in [1.54, 1.807) is 11.0 Å². The molecule has 0 saturated carbocycles. The van der Waals surface area contributed by atoms with Crippen LogP contribution in [0.5, 0.6) is 0 Å². The van der Waals surface area contributed by atoms with Crippen LogP contribution in [-0.4, -0.2) is 73.6 Å². The number of morpholine rings is 1. The standard InChI is InChI=1S/C18H29N3O4/c1-15(2)21(18(23)16-5-11-25-14-16)8-4-17(22)19-6-3-7-20-9-12-24-13-10-20/h5,11,14-15H,3-4,6-10,12-13H2,1-2H3,(H,19,22). The van der Waals surface area contributed by atoms with E-state index in [-0.39, 0.29) is 17.9 Å². The normalized spacial score (nSPS) is 15.3. The Labute approximate surface area is 149 Å². The molecule has 0 aromatic carbocycles. The number of carbonyl (C=O) groups excluding carboxylic acids is 2. The first kappa shape index (κ1) is 19.5. The largest absolute Gasteiger partial charge is 0.472 e. The van der Waals surface area contributed by atoms with Gasteiger partial charge in [0.15, 0.2) is 0 Å². The fourth-order valence-electron chi connectivity index (χ4n) is 2.81. The van der Waals surface area contributed by atoms with Gasteiger partial charge in [0.25, 0.3) is 5.91 Å². The maximum atomic E-state index is 12.4. The summed E-state index contributed by atoms with van der Waals surface area (Å²) in [7, 11) is 0. The monoisotopic (exact) mass is 351 g/mol. The van der Waals surface area contributed by atoms with Gasteiger partial charge < -0.3 is 19.4 Å². The molecule has 0 aliphatic carbocycles. The van der Waals surface area contributed by atoms with E-state index in [4.69, 9.17) is 9.15 Å². The molecule has 1 saturated heterocycles. The third kappa shape index (κ3) is 6.51. The molecule has 7 heteroatoms. The summed E-state index contributed by atoms with van der Waals surface area (Å²) >= 11 is 0. The van der Waals surface area contributed by atoms with Crippen molar-refractivity contribution in [2.75, 3.05) is 45.9 Å². The topological polar surface area (TPSA) is 75.0 Å². The van der Waals surface area contributed by atoms with Crippen LogP contribution in [0.4, 0.5) is 0 Å². The Morgan fingerprint density at radius 2 is 2.08 bits per heavy atom. The first-order valence-electron chi connectivity index (χ1n) is 8.98. The molecular weight excluding hydrogens is 322 g/mol. The van der Waals surface area contributed by atoms with Crippen LogP contribution in [0.1, 0.15) is 37.0 Å². The summed E-state index contributed by atoms with van der Waals surface area (Å²) in [5.41, 5.74) is 0.514. The number of amides is 2. The fraction of sp³-hybridized carbons (Fsp3) is 0.667. The van der Waals surface area contributed by atoms with Crippen LogP contribution in [0.15, 0.2) is 23.0 Å². The van der Waals surface area contributed by atoms with E-state index in [2.05, 4.69) is 10.2 Å². The Kier molecular flexibility index (Phi) is 7.94. The summed E-state index contributed by atoms with van der Waals surface area (Å²) in [5.74, 6) is -0.128. The van der Waals surface area contributed by atoms with Gasteiger partial charge in [0, 0.05) is 38.6 Å². The smallest absolute Gasteiger partial charge is 0.257 e. The van der Waals surface area contributed by atoms with Crippen LogP contribution in [0.25, 0.3) is 0 Å². The van der Waals surface area contributed by atoms with Crippen molar-refractivity contribution in [2.24, 2.45) is 0 Å². The average molecular weight is 351 g/mol. The maximum absolute atomic E-state index is 12.4. The lowest BCUT2D eigenvalue weighted by Crippen LogP contribution is -2.40. The van der Waals surface area contributed by atoms with Crippen molar-refractivity contribution in [3.8, 4) is 0 Å². The Balaban J connectivity index is 1.65. The SMILES string of the molecule is CC(C)N(CCC(=O)NCCCN1CCOCC1)C(=O)c1ccoc1. The molecule has 7 nitrogen and oxygen atoms in total. The van der Waals surface area contributed by atoms with Crippen molar-refractivity contribution in [2.45, 2.75) is 32.7 Å². The van der Waals surface area contributed by atoms with Gasteiger partial charge in [-0.15, -0.1) is 0 Å². The van der Waals surface area contributed by atoms with Crippen LogP contribution in [0.2, 0.25) is 0 Å². The maximum Gasteiger partial charge on any atom is 0.257 e. The molecule has 25 heavy (non-hydrogen) atoms. The lowest BCUT2D eigenvalue weighted by atomic mass is 10.2. The first-order chi connectivity index (χ1) is 12.1. The number of carbonyl (C=O) groups is 2. The Morgan fingerprint density at radius 1 is 1.32 bits per heavy atom. The van der Waals surface area contributed by atoms with Gasteiger partial charge >= 0.3 is 0 Å². The molecule has 0 radical (unpaired) electrons. The highest BCUT2D eigenvalue weighted by atomic mass is 16.5. The lowest BCUT2D eigenvalue weighted by Gasteiger charge is -2.27. The summed E-state index contributed by atoms with van der Waals surface area (Å²) in [4.78, 5) is 28.5. The van der Waals surface area contributed by atoms with Crippen molar-refractivity contribution in [1.82, 2.24) is 15.1 Å². The number of furan rings is 1. The van der Waals surface area contributed by atoms with Crippen molar-refractivity contribution in [3.05, 3.63) is 24.2 Å². The average Bonchev–Trinajstić information content (AvgIpc) is 3.14. The zero-order valence-electron chi connectivity index (χ0n) is 15.2. The highest BCUT2D eigenvalue weighted by molar-refractivity contribution is 5.94. The van der Waals surface area contributed by atoms with Gasteiger partial charge in [-0.1, -0.05) is 0 Å². The van der Waals surface area contributed by atoms with Crippen molar-refractivity contribution in [1.29, 1.82) is 0 Å². The quantitative estimate of drug-likeness (QED) is 0.680. The molecule has 2 heterocycles. The summed E-state index contributed by atoms with van der Waals surface area (Å²) < 4.78 is 10.3. The molecule has 0 spiro atoms. The minimum absolute atomic E-state index is 0.0207. The Morgan fingerprint density at radius 3 is 2.72 bits per heavy atom. The van der Waals surface area contributed by atoms with Crippen LogP contribution in [0.3, 0.4) is 0 Å². The molecule has 140 valence electrons. The second-order valence-corrected chi connectivity index (χ2v) is 6.51. The highest BCUT2D eigenvalue weighted by Gasteiger charge is 2.20. The lowest BCUT2D eigenvalue weighted by molar-refractivity contribution is -0.121. The van der Waals surface area contributed by atoms with E-state index >= 15 is 0 Å². The van der Waals surface area contributed by atoms with Gasteiger partial charge in [0.1, 0.15) is 6.26 Å². The predicted octanol–water partition coefficient (Wildman–Crippen LogP) is 1.36. The molecule has 1 aromatic rings. The minimum Gasteiger partial charge on any atom is -0.472 e. The Hall–Kier alpha value is -1.86. The molecule has 1 aromatic heterocycles. The number of rotatable bonds is 9. The van der Waals surface area contributed by atoms with Crippen molar-refractivity contribution >= 4 is 11.8 Å². The molecule has 0 bridgehead atoms. The van der Waals surface area contributed by atoms with Gasteiger partial charge in [0.05, 0.1) is 25.0 Å². The third-order valence-electron chi connectivity index (χ3n) is 4.31. The van der Waals surface area contributed by atoms with E-state index in [9.17, 15) is 9.59 Å². The second-order valence-electron chi connectivity index (χ2n) is 6.51. The summed E-state index contributed by atoms with van der Waals surface area (Å²) in [6, 6.07) is 1.67. The van der Waals surface area contributed by atoms with E-state index in [1.165, 1.54) is 12.5 Å². The molecule has 1 N–H and O–H groups in total. The predicted molar refractivity (Wildman–Crippen MR) is 94.4 cm³/mol.